The fraction of sp³-hybridized carbons (Fsp3) is 0.300. The summed E-state index contributed by atoms with van der Waals surface area (Å²) in [5.74, 6) is -1.37. The Morgan fingerprint density at radius 3 is 2.40 bits per heavy atom. The second-order valence-corrected chi connectivity index (χ2v) is 5.98. The Hall–Kier alpha value is -2.69. The van der Waals surface area contributed by atoms with Gasteiger partial charge < -0.3 is 10.6 Å². The summed E-state index contributed by atoms with van der Waals surface area (Å²) in [6, 6.07) is 13.6. The Morgan fingerprint density at radius 1 is 1.04 bits per heavy atom. The molecule has 4 nitrogen and oxygen atoms in total. The van der Waals surface area contributed by atoms with Crippen molar-refractivity contribution in [3.05, 3.63) is 65.5 Å². The van der Waals surface area contributed by atoms with Crippen LogP contribution < -0.4 is 10.6 Å². The molecule has 0 aliphatic carbocycles. The number of amides is 2. The van der Waals surface area contributed by atoms with E-state index in [2.05, 4.69) is 24.5 Å². The summed E-state index contributed by atoms with van der Waals surface area (Å²) < 4.78 is 12.8. The first-order valence-electron chi connectivity index (χ1n) is 8.43. The zero-order valence-corrected chi connectivity index (χ0v) is 14.5. The SMILES string of the molecule is CCC(C)c1ccccc1NC(=O)C(=O)NCCc1ccc(F)cc1. The summed E-state index contributed by atoms with van der Waals surface area (Å²) in [7, 11) is 0. The Kier molecular flexibility index (Phi) is 6.69. The number of carbonyl (C=O) groups is 2. The van der Waals surface area contributed by atoms with E-state index in [1.807, 2.05) is 18.2 Å². The number of rotatable bonds is 6. The summed E-state index contributed by atoms with van der Waals surface area (Å²) in [4.78, 5) is 24.0. The second-order valence-electron chi connectivity index (χ2n) is 5.98. The lowest BCUT2D eigenvalue weighted by molar-refractivity contribution is -0.136. The molecule has 0 aliphatic rings. The molecule has 0 saturated carbocycles. The predicted octanol–water partition coefficient (Wildman–Crippen LogP) is 3.64. The fourth-order valence-corrected chi connectivity index (χ4v) is 2.49. The predicted molar refractivity (Wildman–Crippen MR) is 96.9 cm³/mol. The smallest absolute Gasteiger partial charge is 0.313 e. The maximum atomic E-state index is 12.8. The van der Waals surface area contributed by atoms with E-state index in [9.17, 15) is 14.0 Å². The number of carbonyl (C=O) groups excluding carboxylic acids is 2. The quantitative estimate of drug-likeness (QED) is 0.788. The summed E-state index contributed by atoms with van der Waals surface area (Å²) in [6.07, 6.45) is 1.47. The van der Waals surface area contributed by atoms with E-state index in [4.69, 9.17) is 0 Å². The molecular formula is C20H23FN2O2. The minimum atomic E-state index is -0.685. The molecule has 2 aromatic carbocycles. The van der Waals surface area contributed by atoms with Crippen LogP contribution in [0.4, 0.5) is 10.1 Å². The standard InChI is InChI=1S/C20H23FN2O2/c1-3-14(2)17-6-4-5-7-18(17)23-20(25)19(24)22-13-12-15-8-10-16(21)11-9-15/h4-11,14H,3,12-13H2,1-2H3,(H,22,24)(H,23,25). The number of hydrogen-bond acceptors (Lipinski definition) is 2. The normalized spacial score (nSPS) is 11.6. The number of para-hydroxylation sites is 1. The lowest BCUT2D eigenvalue weighted by Gasteiger charge is -2.15. The highest BCUT2D eigenvalue weighted by Crippen LogP contribution is 2.26. The van der Waals surface area contributed by atoms with Crippen molar-refractivity contribution in [2.45, 2.75) is 32.6 Å². The van der Waals surface area contributed by atoms with Crippen molar-refractivity contribution in [1.82, 2.24) is 5.32 Å². The molecule has 25 heavy (non-hydrogen) atoms. The van der Waals surface area contributed by atoms with Gasteiger partial charge in [-0.1, -0.05) is 44.2 Å². The van der Waals surface area contributed by atoms with Gasteiger partial charge in [-0.2, -0.15) is 0 Å². The van der Waals surface area contributed by atoms with E-state index in [-0.39, 0.29) is 11.7 Å². The average Bonchev–Trinajstić information content (AvgIpc) is 2.63. The molecule has 2 amide bonds. The second kappa shape index (κ2) is 8.97. The van der Waals surface area contributed by atoms with E-state index >= 15 is 0 Å². The van der Waals surface area contributed by atoms with Crippen LogP contribution in [0.3, 0.4) is 0 Å². The molecular weight excluding hydrogens is 319 g/mol. The van der Waals surface area contributed by atoms with Crippen LogP contribution in [0.2, 0.25) is 0 Å². The van der Waals surface area contributed by atoms with Crippen LogP contribution in [0.15, 0.2) is 48.5 Å². The topological polar surface area (TPSA) is 58.2 Å². The first-order valence-corrected chi connectivity index (χ1v) is 8.43. The third-order valence-corrected chi connectivity index (χ3v) is 4.17. The van der Waals surface area contributed by atoms with Gasteiger partial charge in [0.2, 0.25) is 0 Å². The molecule has 0 aliphatic heterocycles. The van der Waals surface area contributed by atoms with E-state index < -0.39 is 11.8 Å². The summed E-state index contributed by atoms with van der Waals surface area (Å²) in [6.45, 7) is 4.46. The number of hydrogen-bond donors (Lipinski definition) is 2. The van der Waals surface area contributed by atoms with Crippen LogP contribution in [-0.2, 0) is 16.0 Å². The number of anilines is 1. The van der Waals surface area contributed by atoms with Gasteiger partial charge in [-0.05, 0) is 48.1 Å². The van der Waals surface area contributed by atoms with Gasteiger partial charge in [0, 0.05) is 12.2 Å². The highest BCUT2D eigenvalue weighted by Gasteiger charge is 2.16. The molecule has 132 valence electrons. The van der Waals surface area contributed by atoms with Gasteiger partial charge in [0.25, 0.3) is 0 Å². The lowest BCUT2D eigenvalue weighted by atomic mass is 9.97. The van der Waals surface area contributed by atoms with E-state index in [1.165, 1.54) is 12.1 Å². The van der Waals surface area contributed by atoms with Crippen molar-refractivity contribution in [3.8, 4) is 0 Å². The van der Waals surface area contributed by atoms with Crippen molar-refractivity contribution >= 4 is 17.5 Å². The summed E-state index contributed by atoms with van der Waals surface area (Å²) >= 11 is 0. The molecule has 0 aromatic heterocycles. The van der Waals surface area contributed by atoms with Crippen LogP contribution in [0, 0.1) is 5.82 Å². The molecule has 0 saturated heterocycles. The van der Waals surface area contributed by atoms with Crippen LogP contribution in [0.1, 0.15) is 37.3 Å². The first kappa shape index (κ1) is 18.6. The Bertz CT molecular complexity index is 729. The molecule has 5 heteroatoms. The van der Waals surface area contributed by atoms with Gasteiger partial charge in [0.05, 0.1) is 0 Å². The third kappa shape index (κ3) is 5.41. The van der Waals surface area contributed by atoms with Gasteiger partial charge in [-0.3, -0.25) is 9.59 Å². The highest BCUT2D eigenvalue weighted by molar-refractivity contribution is 6.39. The van der Waals surface area contributed by atoms with Gasteiger partial charge in [0.15, 0.2) is 0 Å². The number of halogens is 1. The third-order valence-electron chi connectivity index (χ3n) is 4.17. The molecule has 0 bridgehead atoms. The maximum Gasteiger partial charge on any atom is 0.313 e. The molecule has 0 radical (unpaired) electrons. The Labute approximate surface area is 147 Å². The first-order chi connectivity index (χ1) is 12.0. The molecule has 1 atom stereocenters. The van der Waals surface area contributed by atoms with Crippen LogP contribution in [0.5, 0.6) is 0 Å². The van der Waals surface area contributed by atoms with E-state index in [0.717, 1.165) is 17.5 Å². The van der Waals surface area contributed by atoms with Crippen molar-refractivity contribution in [2.75, 3.05) is 11.9 Å². The highest BCUT2D eigenvalue weighted by atomic mass is 19.1. The van der Waals surface area contributed by atoms with Crippen LogP contribution in [0.25, 0.3) is 0 Å². The summed E-state index contributed by atoms with van der Waals surface area (Å²) in [5, 5.41) is 5.26. The van der Waals surface area contributed by atoms with Crippen molar-refractivity contribution in [2.24, 2.45) is 0 Å². The largest absolute Gasteiger partial charge is 0.347 e. The maximum absolute atomic E-state index is 12.8. The summed E-state index contributed by atoms with van der Waals surface area (Å²) in [5.41, 5.74) is 2.57. The zero-order chi connectivity index (χ0) is 18.2. The van der Waals surface area contributed by atoms with E-state index in [1.54, 1.807) is 18.2 Å². The molecule has 0 fully saturated rings. The van der Waals surface area contributed by atoms with Gasteiger partial charge in [-0.15, -0.1) is 0 Å². The van der Waals surface area contributed by atoms with Crippen LogP contribution >= 0.6 is 0 Å². The van der Waals surface area contributed by atoms with Gasteiger partial charge in [0.1, 0.15) is 5.82 Å². The number of nitrogens with one attached hydrogen (secondary N) is 2. The number of benzene rings is 2. The van der Waals surface area contributed by atoms with Crippen LogP contribution in [-0.4, -0.2) is 18.4 Å². The Morgan fingerprint density at radius 2 is 1.72 bits per heavy atom. The zero-order valence-electron chi connectivity index (χ0n) is 14.5. The van der Waals surface area contributed by atoms with Crippen molar-refractivity contribution in [3.63, 3.8) is 0 Å². The average molecular weight is 342 g/mol. The molecule has 2 N–H and O–H groups in total. The minimum absolute atomic E-state index is 0.290. The fourth-order valence-electron chi connectivity index (χ4n) is 2.49. The molecule has 2 rings (SSSR count). The van der Waals surface area contributed by atoms with Crippen molar-refractivity contribution in [1.29, 1.82) is 0 Å². The Balaban J connectivity index is 1.88. The van der Waals surface area contributed by atoms with Crippen molar-refractivity contribution < 1.29 is 14.0 Å². The minimum Gasteiger partial charge on any atom is -0.347 e. The molecule has 2 aromatic rings. The van der Waals surface area contributed by atoms with Gasteiger partial charge >= 0.3 is 11.8 Å². The van der Waals surface area contributed by atoms with E-state index in [0.29, 0.717) is 18.7 Å². The van der Waals surface area contributed by atoms with Gasteiger partial charge in [-0.25, -0.2) is 4.39 Å². The molecule has 0 heterocycles. The molecule has 1 unspecified atom stereocenters. The molecule has 0 spiro atoms. The monoisotopic (exact) mass is 342 g/mol. The lowest BCUT2D eigenvalue weighted by Crippen LogP contribution is -2.36.